The van der Waals surface area contributed by atoms with Gasteiger partial charge in [-0.25, -0.2) is 14.8 Å². The minimum absolute atomic E-state index is 0.0369. The Kier molecular flexibility index (Phi) is 4.20. The van der Waals surface area contributed by atoms with Gasteiger partial charge in [-0.1, -0.05) is 0 Å². The van der Waals surface area contributed by atoms with Crippen molar-refractivity contribution in [3.8, 4) is 0 Å². The molecule has 8 nitrogen and oxygen atoms in total. The number of hydrogen-bond acceptors (Lipinski definition) is 5. The number of carbonyl (C=O) groups excluding carboxylic acids is 1. The molecule has 1 aliphatic rings. The summed E-state index contributed by atoms with van der Waals surface area (Å²) in [5, 5.41) is 2.61. The smallest absolute Gasteiger partial charge is 0.323 e. The van der Waals surface area contributed by atoms with E-state index in [1.165, 1.54) is 16.3 Å². The molecule has 3 heterocycles. The average Bonchev–Trinajstić information content (AvgIpc) is 2.57. The van der Waals surface area contributed by atoms with Crippen LogP contribution in [-0.4, -0.2) is 46.1 Å². The number of urea groups is 1. The lowest BCUT2D eigenvalue weighted by atomic mass is 10.0. The molecule has 0 bridgehead atoms. The first kappa shape index (κ1) is 16.0. The summed E-state index contributed by atoms with van der Waals surface area (Å²) in [6.07, 6.45) is 5.58. The molecule has 126 valence electrons. The third-order valence-corrected chi connectivity index (χ3v) is 4.08. The molecule has 0 atom stereocenters. The summed E-state index contributed by atoms with van der Waals surface area (Å²) in [7, 11) is 5.48. The van der Waals surface area contributed by atoms with Crippen LogP contribution in [0.15, 0.2) is 29.5 Å². The van der Waals surface area contributed by atoms with Crippen molar-refractivity contribution >= 4 is 17.7 Å². The maximum Gasteiger partial charge on any atom is 0.323 e. The number of amides is 2. The van der Waals surface area contributed by atoms with Crippen LogP contribution >= 0.6 is 0 Å². The number of nitrogens with one attached hydrogen (secondary N) is 1. The van der Waals surface area contributed by atoms with Crippen molar-refractivity contribution in [2.45, 2.75) is 13.0 Å². The van der Waals surface area contributed by atoms with Gasteiger partial charge in [0.15, 0.2) is 0 Å². The molecule has 0 spiro atoms. The topological polar surface area (TPSA) is 83.4 Å². The van der Waals surface area contributed by atoms with E-state index in [0.29, 0.717) is 13.1 Å². The highest BCUT2D eigenvalue weighted by Gasteiger charge is 2.24. The molecule has 0 aromatic carbocycles. The van der Waals surface area contributed by atoms with E-state index in [2.05, 4.69) is 15.3 Å². The molecule has 0 fully saturated rings. The van der Waals surface area contributed by atoms with Crippen LogP contribution < -0.4 is 15.8 Å². The normalized spacial score (nSPS) is 13.4. The molecule has 24 heavy (non-hydrogen) atoms. The monoisotopic (exact) mass is 328 g/mol. The molecule has 2 aromatic rings. The molecule has 0 unspecified atom stereocenters. The summed E-state index contributed by atoms with van der Waals surface area (Å²) in [6.45, 7) is 1.04. The Morgan fingerprint density at radius 1 is 1.29 bits per heavy atom. The Labute approximate surface area is 139 Å². The van der Waals surface area contributed by atoms with Gasteiger partial charge in [0.2, 0.25) is 5.82 Å². The number of rotatable bonds is 2. The molecular formula is C16H20N6O2. The maximum absolute atomic E-state index is 12.5. The van der Waals surface area contributed by atoms with Gasteiger partial charge in [-0.15, -0.1) is 0 Å². The summed E-state index contributed by atoms with van der Waals surface area (Å²) in [6, 6.07) is 1.66. The van der Waals surface area contributed by atoms with Crippen molar-refractivity contribution in [2.75, 3.05) is 30.9 Å². The van der Waals surface area contributed by atoms with E-state index in [9.17, 15) is 9.59 Å². The zero-order chi connectivity index (χ0) is 17.3. The number of aryl methyl sites for hydroxylation is 1. The Morgan fingerprint density at radius 2 is 2.08 bits per heavy atom. The van der Waals surface area contributed by atoms with Crippen LogP contribution in [0.1, 0.15) is 11.1 Å². The molecule has 2 amide bonds. The van der Waals surface area contributed by atoms with Gasteiger partial charge >= 0.3 is 6.03 Å². The third-order valence-electron chi connectivity index (χ3n) is 4.08. The Morgan fingerprint density at radius 3 is 2.83 bits per heavy atom. The van der Waals surface area contributed by atoms with Crippen molar-refractivity contribution in [3.63, 3.8) is 0 Å². The highest BCUT2D eigenvalue weighted by Crippen LogP contribution is 2.26. The van der Waals surface area contributed by atoms with Gasteiger partial charge in [-0.3, -0.25) is 10.1 Å². The SMILES string of the molecule is CN(C)c1nccc2c1CN(C(=O)Nc1nccn(C)c1=O)CC2. The lowest BCUT2D eigenvalue weighted by Gasteiger charge is -2.31. The van der Waals surface area contributed by atoms with Crippen molar-refractivity contribution in [3.05, 3.63) is 46.1 Å². The molecule has 3 rings (SSSR count). The van der Waals surface area contributed by atoms with Crippen molar-refractivity contribution in [2.24, 2.45) is 7.05 Å². The number of aromatic nitrogens is 3. The number of carbonyl (C=O) groups is 1. The maximum atomic E-state index is 12.5. The van der Waals surface area contributed by atoms with E-state index >= 15 is 0 Å². The molecule has 1 aliphatic heterocycles. The predicted molar refractivity (Wildman–Crippen MR) is 91.2 cm³/mol. The summed E-state index contributed by atoms with van der Waals surface area (Å²) in [4.78, 5) is 36.5. The van der Waals surface area contributed by atoms with Gasteiger partial charge in [-0.2, -0.15) is 0 Å². The van der Waals surface area contributed by atoms with Crippen LogP contribution in [0.5, 0.6) is 0 Å². The van der Waals surface area contributed by atoms with Gasteiger partial charge in [0.05, 0.1) is 6.54 Å². The Hall–Kier alpha value is -2.90. The third kappa shape index (κ3) is 2.94. The molecule has 0 aliphatic carbocycles. The standard InChI is InChI=1S/C16H20N6O2/c1-20(2)14-12-10-22(8-5-11(12)4-6-18-14)16(24)19-13-15(23)21(3)9-7-17-13/h4,6-7,9H,5,8,10H2,1-3H3,(H,17,19,24). The lowest BCUT2D eigenvalue weighted by molar-refractivity contribution is 0.206. The van der Waals surface area contributed by atoms with Crippen LogP contribution in [0.3, 0.4) is 0 Å². The number of fused-ring (bicyclic) bond motifs is 1. The fraction of sp³-hybridized carbons (Fsp3) is 0.375. The fourth-order valence-electron chi connectivity index (χ4n) is 2.77. The molecule has 0 radical (unpaired) electrons. The first-order chi connectivity index (χ1) is 11.5. The van der Waals surface area contributed by atoms with Gasteiger partial charge in [-0.05, 0) is 18.1 Å². The van der Waals surface area contributed by atoms with Crippen molar-refractivity contribution in [1.82, 2.24) is 19.4 Å². The van der Waals surface area contributed by atoms with Crippen molar-refractivity contribution < 1.29 is 4.79 Å². The van der Waals surface area contributed by atoms with Crippen LogP contribution in [0.2, 0.25) is 0 Å². The number of anilines is 2. The number of hydrogen-bond donors (Lipinski definition) is 1. The summed E-state index contributed by atoms with van der Waals surface area (Å²) < 4.78 is 1.38. The van der Waals surface area contributed by atoms with Crippen LogP contribution in [0.4, 0.5) is 16.4 Å². The highest BCUT2D eigenvalue weighted by molar-refractivity contribution is 5.88. The fourth-order valence-corrected chi connectivity index (χ4v) is 2.77. The second-order valence-corrected chi connectivity index (χ2v) is 5.96. The molecule has 8 heteroatoms. The van der Waals surface area contributed by atoms with Gasteiger partial charge < -0.3 is 14.4 Å². The number of nitrogens with zero attached hydrogens (tertiary/aromatic N) is 5. The van der Waals surface area contributed by atoms with E-state index < -0.39 is 0 Å². The molecular weight excluding hydrogens is 308 g/mol. The van der Waals surface area contributed by atoms with Crippen LogP contribution in [-0.2, 0) is 20.0 Å². The van der Waals surface area contributed by atoms with Gasteiger partial charge in [0.1, 0.15) is 5.82 Å². The minimum atomic E-state index is -0.334. The average molecular weight is 328 g/mol. The second kappa shape index (κ2) is 6.31. The Balaban J connectivity index is 1.81. The Bertz CT molecular complexity index is 830. The summed E-state index contributed by atoms with van der Waals surface area (Å²) in [5.74, 6) is 0.897. The first-order valence-corrected chi connectivity index (χ1v) is 7.69. The summed E-state index contributed by atoms with van der Waals surface area (Å²) in [5.41, 5.74) is 1.91. The minimum Gasteiger partial charge on any atom is -0.362 e. The van der Waals surface area contributed by atoms with Crippen molar-refractivity contribution in [1.29, 1.82) is 0 Å². The van der Waals surface area contributed by atoms with Gasteiger partial charge in [0, 0.05) is 51.8 Å². The molecule has 1 N–H and O–H groups in total. The quantitative estimate of drug-likeness (QED) is 0.883. The largest absolute Gasteiger partial charge is 0.362 e. The van der Waals surface area contributed by atoms with E-state index in [0.717, 1.165) is 17.8 Å². The molecule has 0 saturated heterocycles. The lowest BCUT2D eigenvalue weighted by Crippen LogP contribution is -2.41. The predicted octanol–water partition coefficient (Wildman–Crippen LogP) is 0.831. The van der Waals surface area contributed by atoms with Gasteiger partial charge in [0.25, 0.3) is 5.56 Å². The van der Waals surface area contributed by atoms with E-state index in [-0.39, 0.29) is 17.4 Å². The highest BCUT2D eigenvalue weighted by atomic mass is 16.2. The first-order valence-electron chi connectivity index (χ1n) is 7.69. The van der Waals surface area contributed by atoms with E-state index in [1.807, 2.05) is 25.1 Å². The van der Waals surface area contributed by atoms with E-state index in [4.69, 9.17) is 0 Å². The molecule has 0 saturated carbocycles. The van der Waals surface area contributed by atoms with Crippen LogP contribution in [0.25, 0.3) is 0 Å². The zero-order valence-corrected chi connectivity index (χ0v) is 14.0. The number of pyridine rings is 1. The summed E-state index contributed by atoms with van der Waals surface area (Å²) >= 11 is 0. The second-order valence-electron chi connectivity index (χ2n) is 5.96. The zero-order valence-electron chi connectivity index (χ0n) is 14.0. The molecule has 2 aromatic heterocycles. The van der Waals surface area contributed by atoms with Crippen LogP contribution in [0, 0.1) is 0 Å². The van der Waals surface area contributed by atoms with E-state index in [1.54, 1.807) is 24.3 Å².